The fourth-order valence-electron chi connectivity index (χ4n) is 1.92. The van der Waals surface area contributed by atoms with Crippen LogP contribution in [0, 0.1) is 0 Å². The lowest BCUT2D eigenvalue weighted by Gasteiger charge is -2.17. The molecule has 4 heteroatoms. The normalized spacial score (nSPS) is 12.4. The van der Waals surface area contributed by atoms with Crippen molar-refractivity contribution in [1.82, 2.24) is 5.32 Å². The highest BCUT2D eigenvalue weighted by Crippen LogP contribution is 2.17. The zero-order valence-corrected chi connectivity index (χ0v) is 13.2. The van der Waals surface area contributed by atoms with Gasteiger partial charge in [-0.3, -0.25) is 0 Å². The molecule has 20 heavy (non-hydrogen) atoms. The van der Waals surface area contributed by atoms with E-state index in [1.54, 1.807) is 7.11 Å². The molecule has 1 unspecified atom stereocenters. The summed E-state index contributed by atoms with van der Waals surface area (Å²) in [6.07, 6.45) is 1.02. The molecule has 1 atom stereocenters. The monoisotopic (exact) mass is 280 g/mol. The summed E-state index contributed by atoms with van der Waals surface area (Å²) in [5, 5.41) is 3.51. The maximum atomic E-state index is 5.43. The number of ether oxygens (including phenoxy) is 2. The number of nitrogens with zero attached hydrogens (tertiary/aromatic N) is 1. The predicted octanol–water partition coefficient (Wildman–Crippen LogP) is 2.46. The summed E-state index contributed by atoms with van der Waals surface area (Å²) in [5.41, 5.74) is 2.54. The van der Waals surface area contributed by atoms with Crippen LogP contribution in [0.2, 0.25) is 0 Å². The molecular weight excluding hydrogens is 252 g/mol. The van der Waals surface area contributed by atoms with E-state index >= 15 is 0 Å². The van der Waals surface area contributed by atoms with Crippen molar-refractivity contribution in [2.45, 2.75) is 19.4 Å². The Morgan fingerprint density at radius 1 is 1.10 bits per heavy atom. The molecule has 0 saturated heterocycles. The van der Waals surface area contributed by atoms with E-state index in [0.29, 0.717) is 19.3 Å². The molecule has 0 saturated carbocycles. The molecule has 1 N–H and O–H groups in total. The van der Waals surface area contributed by atoms with Crippen LogP contribution in [0.1, 0.15) is 24.9 Å². The van der Waals surface area contributed by atoms with Gasteiger partial charge in [-0.2, -0.15) is 0 Å². The van der Waals surface area contributed by atoms with Gasteiger partial charge in [0.05, 0.1) is 13.2 Å². The molecule has 0 spiro atoms. The summed E-state index contributed by atoms with van der Waals surface area (Å²) in [6.45, 7) is 5.28. The maximum Gasteiger partial charge on any atom is 0.0700 e. The maximum absolute atomic E-state index is 5.43. The minimum Gasteiger partial charge on any atom is -0.382 e. The van der Waals surface area contributed by atoms with Crippen LogP contribution < -0.4 is 10.2 Å². The van der Waals surface area contributed by atoms with Gasteiger partial charge < -0.3 is 19.7 Å². The number of benzene rings is 1. The molecule has 1 aromatic rings. The van der Waals surface area contributed by atoms with Crippen molar-refractivity contribution in [1.29, 1.82) is 0 Å². The van der Waals surface area contributed by atoms with Gasteiger partial charge in [-0.15, -0.1) is 0 Å². The van der Waals surface area contributed by atoms with E-state index in [1.165, 1.54) is 11.3 Å². The van der Waals surface area contributed by atoms with Crippen LogP contribution in [-0.4, -0.2) is 47.6 Å². The van der Waals surface area contributed by atoms with Crippen LogP contribution in [0.4, 0.5) is 5.69 Å². The molecular formula is C16H28N2O2. The SMILES string of the molecule is COCCOCCCNC(C)c1ccc(N(C)C)cc1. The Morgan fingerprint density at radius 2 is 1.80 bits per heavy atom. The molecule has 114 valence electrons. The minimum absolute atomic E-state index is 0.366. The summed E-state index contributed by atoms with van der Waals surface area (Å²) in [6, 6.07) is 9.04. The van der Waals surface area contributed by atoms with Crippen molar-refractivity contribution in [2.75, 3.05) is 52.5 Å². The Morgan fingerprint density at radius 3 is 2.40 bits per heavy atom. The summed E-state index contributed by atoms with van der Waals surface area (Å²) in [7, 11) is 5.80. The topological polar surface area (TPSA) is 33.7 Å². The Hall–Kier alpha value is -1.10. The molecule has 1 aromatic carbocycles. The number of anilines is 1. The molecule has 0 bridgehead atoms. The molecule has 0 aliphatic carbocycles. The molecule has 4 nitrogen and oxygen atoms in total. The molecule has 0 aliphatic heterocycles. The van der Waals surface area contributed by atoms with E-state index in [-0.39, 0.29) is 0 Å². The van der Waals surface area contributed by atoms with E-state index in [9.17, 15) is 0 Å². The van der Waals surface area contributed by atoms with Crippen molar-refractivity contribution in [3.63, 3.8) is 0 Å². The highest BCUT2D eigenvalue weighted by atomic mass is 16.5. The molecule has 0 heterocycles. The lowest BCUT2D eigenvalue weighted by molar-refractivity contribution is 0.0693. The summed E-state index contributed by atoms with van der Waals surface area (Å²) in [5.74, 6) is 0. The largest absolute Gasteiger partial charge is 0.382 e. The van der Waals surface area contributed by atoms with Gasteiger partial charge >= 0.3 is 0 Å². The van der Waals surface area contributed by atoms with Gasteiger partial charge in [-0.1, -0.05) is 12.1 Å². The van der Waals surface area contributed by atoms with Gasteiger partial charge in [-0.05, 0) is 37.6 Å². The number of rotatable bonds is 10. The van der Waals surface area contributed by atoms with E-state index in [2.05, 4.69) is 55.5 Å². The van der Waals surface area contributed by atoms with Gasteiger partial charge in [0.15, 0.2) is 0 Å². The first-order valence-electron chi connectivity index (χ1n) is 7.22. The average molecular weight is 280 g/mol. The smallest absolute Gasteiger partial charge is 0.0700 e. The minimum atomic E-state index is 0.366. The van der Waals surface area contributed by atoms with Crippen molar-refractivity contribution in [2.24, 2.45) is 0 Å². The Balaban J connectivity index is 2.20. The first-order valence-corrected chi connectivity index (χ1v) is 7.22. The fourth-order valence-corrected chi connectivity index (χ4v) is 1.92. The van der Waals surface area contributed by atoms with Crippen molar-refractivity contribution < 1.29 is 9.47 Å². The van der Waals surface area contributed by atoms with Crippen LogP contribution in [0.15, 0.2) is 24.3 Å². The van der Waals surface area contributed by atoms with Crippen LogP contribution in [0.3, 0.4) is 0 Å². The number of hydrogen-bond donors (Lipinski definition) is 1. The second-order valence-corrected chi connectivity index (χ2v) is 5.12. The zero-order chi connectivity index (χ0) is 14.8. The van der Waals surface area contributed by atoms with Gasteiger partial charge in [0.25, 0.3) is 0 Å². The second kappa shape index (κ2) is 9.75. The Bertz CT molecular complexity index is 352. The molecule has 0 radical (unpaired) electrons. The molecule has 0 aromatic heterocycles. The van der Waals surface area contributed by atoms with Crippen molar-refractivity contribution >= 4 is 5.69 Å². The first kappa shape index (κ1) is 17.0. The standard InChI is InChI=1S/C16H28N2O2/c1-14(17-10-5-11-20-13-12-19-4)15-6-8-16(9-7-15)18(2)3/h6-9,14,17H,5,10-13H2,1-4H3. The second-order valence-electron chi connectivity index (χ2n) is 5.12. The van der Waals surface area contributed by atoms with Crippen LogP contribution >= 0.6 is 0 Å². The molecule has 1 rings (SSSR count). The highest BCUT2D eigenvalue weighted by Gasteiger charge is 2.04. The number of hydrogen-bond acceptors (Lipinski definition) is 4. The molecule has 0 amide bonds. The van der Waals surface area contributed by atoms with Crippen LogP contribution in [-0.2, 0) is 9.47 Å². The Labute approximate surface area is 123 Å². The van der Waals surface area contributed by atoms with E-state index in [1.807, 2.05) is 0 Å². The number of nitrogens with one attached hydrogen (secondary N) is 1. The van der Waals surface area contributed by atoms with Crippen molar-refractivity contribution in [3.8, 4) is 0 Å². The third kappa shape index (κ3) is 6.37. The van der Waals surface area contributed by atoms with Crippen molar-refractivity contribution in [3.05, 3.63) is 29.8 Å². The van der Waals surface area contributed by atoms with E-state index < -0.39 is 0 Å². The van der Waals surface area contributed by atoms with Crippen LogP contribution in [0.25, 0.3) is 0 Å². The third-order valence-corrected chi connectivity index (χ3v) is 3.26. The fraction of sp³-hybridized carbons (Fsp3) is 0.625. The number of methoxy groups -OCH3 is 1. The molecule has 0 aliphatic rings. The average Bonchev–Trinajstić information content (AvgIpc) is 2.46. The lowest BCUT2D eigenvalue weighted by Crippen LogP contribution is -2.21. The molecule has 0 fully saturated rings. The quantitative estimate of drug-likeness (QED) is 0.668. The van der Waals surface area contributed by atoms with Gasteiger partial charge in [-0.25, -0.2) is 0 Å². The third-order valence-electron chi connectivity index (χ3n) is 3.26. The van der Waals surface area contributed by atoms with Crippen LogP contribution in [0.5, 0.6) is 0 Å². The summed E-state index contributed by atoms with van der Waals surface area (Å²) >= 11 is 0. The Kier molecular flexibility index (Phi) is 8.26. The summed E-state index contributed by atoms with van der Waals surface area (Å²) in [4.78, 5) is 2.11. The highest BCUT2D eigenvalue weighted by molar-refractivity contribution is 5.46. The van der Waals surface area contributed by atoms with E-state index in [4.69, 9.17) is 9.47 Å². The zero-order valence-electron chi connectivity index (χ0n) is 13.2. The predicted molar refractivity (Wildman–Crippen MR) is 84.5 cm³/mol. The van der Waals surface area contributed by atoms with Gasteiger partial charge in [0, 0.05) is 39.5 Å². The summed E-state index contributed by atoms with van der Waals surface area (Å²) < 4.78 is 10.4. The van der Waals surface area contributed by atoms with E-state index in [0.717, 1.165) is 19.6 Å². The van der Waals surface area contributed by atoms with Gasteiger partial charge in [0.1, 0.15) is 0 Å². The van der Waals surface area contributed by atoms with Gasteiger partial charge in [0.2, 0.25) is 0 Å². The first-order chi connectivity index (χ1) is 9.65. The lowest BCUT2D eigenvalue weighted by atomic mass is 10.1.